The molecule has 1 fully saturated rings. The lowest BCUT2D eigenvalue weighted by Gasteiger charge is -2.37. The molecule has 0 saturated carbocycles. The van der Waals surface area contributed by atoms with Gasteiger partial charge in [-0.1, -0.05) is 29.3 Å². The summed E-state index contributed by atoms with van der Waals surface area (Å²) in [5.41, 5.74) is 0.897. The zero-order valence-electron chi connectivity index (χ0n) is 11.9. The van der Waals surface area contributed by atoms with Crippen LogP contribution in [0.5, 0.6) is 0 Å². The molecule has 3 nitrogen and oxygen atoms in total. The zero-order valence-corrected chi connectivity index (χ0v) is 13.4. The van der Waals surface area contributed by atoms with Crippen LogP contribution in [0.2, 0.25) is 10.0 Å². The highest BCUT2D eigenvalue weighted by Gasteiger charge is 2.28. The monoisotopic (exact) mass is 317 g/mol. The average molecular weight is 318 g/mol. The Kier molecular flexibility index (Phi) is 5.70. The molecule has 1 heterocycles. The first-order valence-corrected chi connectivity index (χ1v) is 7.70. The fourth-order valence-corrected chi connectivity index (χ4v) is 2.93. The third-order valence-corrected chi connectivity index (χ3v) is 4.32. The molecule has 1 aromatic carbocycles. The van der Waals surface area contributed by atoms with Gasteiger partial charge in [0.05, 0.1) is 18.8 Å². The Morgan fingerprint density at radius 2 is 2.15 bits per heavy atom. The third kappa shape index (κ3) is 4.09. The van der Waals surface area contributed by atoms with Gasteiger partial charge in [-0.25, -0.2) is 0 Å². The summed E-state index contributed by atoms with van der Waals surface area (Å²) in [6.07, 6.45) is -0.250. The van der Waals surface area contributed by atoms with Crippen molar-refractivity contribution >= 4 is 23.2 Å². The van der Waals surface area contributed by atoms with Crippen LogP contribution >= 0.6 is 23.2 Å². The maximum absolute atomic E-state index is 10.4. The quantitative estimate of drug-likeness (QED) is 0.926. The van der Waals surface area contributed by atoms with Gasteiger partial charge in [0.1, 0.15) is 0 Å². The van der Waals surface area contributed by atoms with Crippen LogP contribution in [0.25, 0.3) is 0 Å². The van der Waals surface area contributed by atoms with Gasteiger partial charge in [-0.2, -0.15) is 0 Å². The molecule has 1 N–H and O–H groups in total. The minimum Gasteiger partial charge on any atom is -0.390 e. The van der Waals surface area contributed by atoms with E-state index in [4.69, 9.17) is 27.9 Å². The van der Waals surface area contributed by atoms with Gasteiger partial charge < -0.3 is 9.84 Å². The number of aliphatic hydroxyl groups is 1. The van der Waals surface area contributed by atoms with Gasteiger partial charge in [0, 0.05) is 35.6 Å². The lowest BCUT2D eigenvalue weighted by atomic mass is 10.0. The zero-order chi connectivity index (χ0) is 14.7. The maximum Gasteiger partial charge on any atom is 0.0964 e. The van der Waals surface area contributed by atoms with Gasteiger partial charge in [-0.05, 0) is 31.5 Å². The van der Waals surface area contributed by atoms with Crippen LogP contribution < -0.4 is 0 Å². The van der Waals surface area contributed by atoms with Crippen LogP contribution in [-0.2, 0) is 11.2 Å². The van der Waals surface area contributed by atoms with Crippen molar-refractivity contribution < 1.29 is 9.84 Å². The predicted octanol–water partition coefficient (Wildman–Crippen LogP) is 3.01. The van der Waals surface area contributed by atoms with Crippen molar-refractivity contribution in [2.75, 3.05) is 19.7 Å². The molecule has 112 valence electrons. The number of hydrogen-bond donors (Lipinski definition) is 1. The molecule has 0 aliphatic carbocycles. The molecule has 20 heavy (non-hydrogen) atoms. The molecule has 1 aliphatic heterocycles. The fraction of sp³-hybridized carbons (Fsp3) is 0.600. The summed E-state index contributed by atoms with van der Waals surface area (Å²) in [5, 5.41) is 11.6. The highest BCUT2D eigenvalue weighted by molar-refractivity contribution is 6.35. The molecule has 1 aromatic rings. The summed E-state index contributed by atoms with van der Waals surface area (Å²) in [4.78, 5) is 2.32. The number of morpholine rings is 1. The smallest absolute Gasteiger partial charge is 0.0964 e. The number of rotatable bonds is 4. The Bertz CT molecular complexity index is 453. The summed E-state index contributed by atoms with van der Waals surface area (Å²) in [6, 6.07) is 5.81. The second kappa shape index (κ2) is 7.10. The molecular weight excluding hydrogens is 297 g/mol. The Morgan fingerprint density at radius 1 is 1.40 bits per heavy atom. The Morgan fingerprint density at radius 3 is 2.80 bits per heavy atom. The maximum atomic E-state index is 10.4. The third-order valence-electron chi connectivity index (χ3n) is 3.73. The minimum absolute atomic E-state index is 0.169. The lowest BCUT2D eigenvalue weighted by Crippen LogP contribution is -2.50. The number of ether oxygens (including phenoxy) is 1. The van der Waals surface area contributed by atoms with Crippen molar-refractivity contribution in [2.45, 2.75) is 38.5 Å². The van der Waals surface area contributed by atoms with Crippen molar-refractivity contribution in [1.29, 1.82) is 0 Å². The SMILES string of the molecule is CC(C)N1CCOC(C(O)Cc2ccc(Cl)cc2Cl)C1. The minimum atomic E-state index is -0.560. The molecule has 0 spiro atoms. The highest BCUT2D eigenvalue weighted by Crippen LogP contribution is 2.23. The van der Waals surface area contributed by atoms with E-state index in [9.17, 15) is 5.11 Å². The summed E-state index contributed by atoms with van der Waals surface area (Å²) < 4.78 is 5.70. The van der Waals surface area contributed by atoms with Crippen molar-refractivity contribution in [2.24, 2.45) is 0 Å². The van der Waals surface area contributed by atoms with Crippen LogP contribution in [0.15, 0.2) is 18.2 Å². The van der Waals surface area contributed by atoms with E-state index in [1.807, 2.05) is 6.07 Å². The Hall–Kier alpha value is -0.320. The largest absolute Gasteiger partial charge is 0.390 e. The van der Waals surface area contributed by atoms with E-state index in [0.29, 0.717) is 29.1 Å². The molecule has 0 amide bonds. The molecule has 1 aliphatic rings. The van der Waals surface area contributed by atoms with E-state index in [2.05, 4.69) is 18.7 Å². The van der Waals surface area contributed by atoms with Crippen molar-refractivity contribution in [1.82, 2.24) is 4.90 Å². The first kappa shape index (κ1) is 16.1. The summed E-state index contributed by atoms with van der Waals surface area (Å²) in [7, 11) is 0. The first-order chi connectivity index (χ1) is 9.47. The number of hydrogen-bond acceptors (Lipinski definition) is 3. The van der Waals surface area contributed by atoms with Gasteiger partial charge in [-0.3, -0.25) is 4.90 Å². The van der Waals surface area contributed by atoms with E-state index in [1.54, 1.807) is 12.1 Å². The van der Waals surface area contributed by atoms with Gasteiger partial charge in [0.25, 0.3) is 0 Å². The molecule has 0 aromatic heterocycles. The number of benzene rings is 1. The molecule has 2 atom stereocenters. The molecule has 0 radical (unpaired) electrons. The van der Waals surface area contributed by atoms with Crippen molar-refractivity contribution in [3.8, 4) is 0 Å². The number of aliphatic hydroxyl groups excluding tert-OH is 1. The lowest BCUT2D eigenvalue weighted by molar-refractivity contribution is -0.0940. The Labute approximate surface area is 130 Å². The second-order valence-electron chi connectivity index (χ2n) is 5.51. The first-order valence-electron chi connectivity index (χ1n) is 6.95. The molecule has 2 unspecified atom stereocenters. The normalized spacial score (nSPS) is 22.2. The topological polar surface area (TPSA) is 32.7 Å². The molecule has 5 heteroatoms. The summed E-state index contributed by atoms with van der Waals surface area (Å²) >= 11 is 12.0. The predicted molar refractivity (Wildman–Crippen MR) is 82.6 cm³/mol. The van der Waals surface area contributed by atoms with Crippen molar-refractivity contribution in [3.05, 3.63) is 33.8 Å². The van der Waals surface area contributed by atoms with E-state index in [1.165, 1.54) is 0 Å². The van der Waals surface area contributed by atoms with Gasteiger partial charge >= 0.3 is 0 Å². The van der Waals surface area contributed by atoms with E-state index in [-0.39, 0.29) is 6.10 Å². The fourth-order valence-electron chi connectivity index (χ4n) is 2.44. The van der Waals surface area contributed by atoms with E-state index >= 15 is 0 Å². The van der Waals surface area contributed by atoms with Crippen LogP contribution in [0.1, 0.15) is 19.4 Å². The number of nitrogens with zero attached hydrogens (tertiary/aromatic N) is 1. The Balaban J connectivity index is 1.98. The molecule has 1 saturated heterocycles. The highest BCUT2D eigenvalue weighted by atomic mass is 35.5. The van der Waals surface area contributed by atoms with Gasteiger partial charge in [-0.15, -0.1) is 0 Å². The summed E-state index contributed by atoms with van der Waals surface area (Å²) in [5.74, 6) is 0. The van der Waals surface area contributed by atoms with E-state index in [0.717, 1.165) is 18.7 Å². The van der Waals surface area contributed by atoms with Crippen LogP contribution in [0, 0.1) is 0 Å². The molecule has 0 bridgehead atoms. The standard InChI is InChI=1S/C15H21Cl2NO2/c1-10(2)18-5-6-20-15(9-18)14(19)7-11-3-4-12(16)8-13(11)17/h3-4,8,10,14-15,19H,5-7,9H2,1-2H3. The second-order valence-corrected chi connectivity index (χ2v) is 6.35. The van der Waals surface area contributed by atoms with Gasteiger partial charge in [0.15, 0.2) is 0 Å². The average Bonchev–Trinajstić information content (AvgIpc) is 2.42. The van der Waals surface area contributed by atoms with Crippen LogP contribution in [0.4, 0.5) is 0 Å². The molecular formula is C15H21Cl2NO2. The van der Waals surface area contributed by atoms with Crippen molar-refractivity contribution in [3.63, 3.8) is 0 Å². The van der Waals surface area contributed by atoms with E-state index < -0.39 is 6.10 Å². The van der Waals surface area contributed by atoms with Crippen LogP contribution in [-0.4, -0.2) is 48.0 Å². The van der Waals surface area contributed by atoms with Gasteiger partial charge in [0.2, 0.25) is 0 Å². The molecule has 2 rings (SSSR count). The summed E-state index contributed by atoms with van der Waals surface area (Å²) in [6.45, 7) is 6.65. The van der Waals surface area contributed by atoms with Crippen LogP contribution in [0.3, 0.4) is 0 Å². The number of halogens is 2.